The maximum absolute atomic E-state index is 13.4. The molecule has 6 nitrogen and oxygen atoms in total. The first kappa shape index (κ1) is 24.9. The SMILES string of the molecule is CCC(C(=O)NC1CCCCC1)N(Cc1ccccc1Cl)C(=O)COc1ccccc1OC. The number of hydrogen-bond acceptors (Lipinski definition) is 4. The van der Waals surface area contributed by atoms with Crippen LogP contribution >= 0.6 is 11.6 Å². The molecular formula is C26H33ClN2O4. The zero-order valence-electron chi connectivity index (χ0n) is 19.4. The number of methoxy groups -OCH3 is 1. The Hall–Kier alpha value is -2.73. The molecule has 0 aliphatic heterocycles. The van der Waals surface area contributed by atoms with Gasteiger partial charge in [-0.2, -0.15) is 0 Å². The first-order valence-electron chi connectivity index (χ1n) is 11.6. The normalized spacial score (nSPS) is 14.9. The molecule has 1 fully saturated rings. The molecule has 0 heterocycles. The molecule has 2 aromatic rings. The maximum atomic E-state index is 13.4. The van der Waals surface area contributed by atoms with Crippen molar-refractivity contribution < 1.29 is 19.1 Å². The van der Waals surface area contributed by atoms with Crippen LogP contribution < -0.4 is 14.8 Å². The van der Waals surface area contributed by atoms with Crippen molar-refractivity contribution in [1.82, 2.24) is 10.2 Å². The first-order chi connectivity index (χ1) is 16.0. The van der Waals surface area contributed by atoms with E-state index in [1.807, 2.05) is 37.3 Å². The van der Waals surface area contributed by atoms with E-state index in [4.69, 9.17) is 21.1 Å². The second kappa shape index (κ2) is 12.5. The van der Waals surface area contributed by atoms with Gasteiger partial charge in [0.15, 0.2) is 18.1 Å². The van der Waals surface area contributed by atoms with E-state index in [1.54, 1.807) is 30.2 Å². The molecule has 1 aliphatic rings. The summed E-state index contributed by atoms with van der Waals surface area (Å²) in [5.41, 5.74) is 0.786. The van der Waals surface area contributed by atoms with Crippen LogP contribution in [0.1, 0.15) is 51.0 Å². The molecule has 1 atom stereocenters. The second-order valence-electron chi connectivity index (χ2n) is 8.32. The number of para-hydroxylation sites is 2. The number of nitrogens with zero attached hydrogens (tertiary/aromatic N) is 1. The van der Waals surface area contributed by atoms with E-state index in [2.05, 4.69) is 5.32 Å². The van der Waals surface area contributed by atoms with Crippen molar-refractivity contribution in [2.45, 2.75) is 64.1 Å². The molecule has 178 valence electrons. The Balaban J connectivity index is 1.78. The monoisotopic (exact) mass is 472 g/mol. The van der Waals surface area contributed by atoms with Gasteiger partial charge in [-0.05, 0) is 43.0 Å². The van der Waals surface area contributed by atoms with Gasteiger partial charge in [-0.1, -0.05) is 68.1 Å². The van der Waals surface area contributed by atoms with E-state index in [0.29, 0.717) is 22.9 Å². The Bertz CT molecular complexity index is 930. The molecule has 7 heteroatoms. The number of benzene rings is 2. The van der Waals surface area contributed by atoms with Gasteiger partial charge in [0.05, 0.1) is 7.11 Å². The lowest BCUT2D eigenvalue weighted by molar-refractivity contribution is -0.143. The fraction of sp³-hybridized carbons (Fsp3) is 0.462. The van der Waals surface area contributed by atoms with Crippen LogP contribution in [0.25, 0.3) is 0 Å². The summed E-state index contributed by atoms with van der Waals surface area (Å²) in [4.78, 5) is 28.2. The highest BCUT2D eigenvalue weighted by molar-refractivity contribution is 6.31. The minimum Gasteiger partial charge on any atom is -0.493 e. The lowest BCUT2D eigenvalue weighted by Crippen LogP contribution is -2.52. The molecular weight excluding hydrogens is 440 g/mol. The van der Waals surface area contributed by atoms with Gasteiger partial charge in [0.2, 0.25) is 5.91 Å². The maximum Gasteiger partial charge on any atom is 0.261 e. The predicted molar refractivity (Wildman–Crippen MR) is 130 cm³/mol. The average Bonchev–Trinajstić information content (AvgIpc) is 2.84. The molecule has 3 rings (SSSR count). The highest BCUT2D eigenvalue weighted by atomic mass is 35.5. The van der Waals surface area contributed by atoms with E-state index in [1.165, 1.54) is 6.42 Å². The van der Waals surface area contributed by atoms with Crippen molar-refractivity contribution >= 4 is 23.4 Å². The number of carbonyl (C=O) groups excluding carboxylic acids is 2. The molecule has 2 aromatic carbocycles. The number of ether oxygens (including phenoxy) is 2. The van der Waals surface area contributed by atoms with Crippen molar-refractivity contribution in [3.05, 3.63) is 59.1 Å². The molecule has 1 saturated carbocycles. The summed E-state index contributed by atoms with van der Waals surface area (Å²) < 4.78 is 11.1. The van der Waals surface area contributed by atoms with Gasteiger partial charge in [-0.3, -0.25) is 9.59 Å². The molecule has 1 N–H and O–H groups in total. The summed E-state index contributed by atoms with van der Waals surface area (Å²) in [6, 6.07) is 14.1. The second-order valence-corrected chi connectivity index (χ2v) is 8.73. The summed E-state index contributed by atoms with van der Waals surface area (Å²) >= 11 is 6.38. The van der Waals surface area contributed by atoms with Crippen molar-refractivity contribution in [1.29, 1.82) is 0 Å². The van der Waals surface area contributed by atoms with E-state index in [9.17, 15) is 9.59 Å². The van der Waals surface area contributed by atoms with Crippen LogP contribution in [-0.2, 0) is 16.1 Å². The summed E-state index contributed by atoms with van der Waals surface area (Å²) in [5, 5.41) is 3.73. The quantitative estimate of drug-likeness (QED) is 0.529. The Morgan fingerprint density at radius 3 is 2.39 bits per heavy atom. The van der Waals surface area contributed by atoms with Gasteiger partial charge in [-0.25, -0.2) is 0 Å². The summed E-state index contributed by atoms with van der Waals surface area (Å²) in [5.74, 6) is 0.615. The smallest absolute Gasteiger partial charge is 0.261 e. The van der Waals surface area contributed by atoms with Gasteiger partial charge < -0.3 is 19.7 Å². The van der Waals surface area contributed by atoms with Gasteiger partial charge in [0.1, 0.15) is 6.04 Å². The predicted octanol–water partition coefficient (Wildman–Crippen LogP) is 4.98. The molecule has 1 aliphatic carbocycles. The van der Waals surface area contributed by atoms with Crippen LogP contribution in [-0.4, -0.2) is 42.5 Å². The Morgan fingerprint density at radius 2 is 1.73 bits per heavy atom. The Morgan fingerprint density at radius 1 is 1.06 bits per heavy atom. The lowest BCUT2D eigenvalue weighted by Gasteiger charge is -2.33. The van der Waals surface area contributed by atoms with E-state index in [0.717, 1.165) is 31.2 Å². The highest BCUT2D eigenvalue weighted by Crippen LogP contribution is 2.26. The topological polar surface area (TPSA) is 67.9 Å². The van der Waals surface area contributed by atoms with Crippen LogP contribution in [0, 0.1) is 0 Å². The van der Waals surface area contributed by atoms with Crippen LogP contribution in [0.2, 0.25) is 5.02 Å². The fourth-order valence-corrected chi connectivity index (χ4v) is 4.43. The third-order valence-electron chi connectivity index (χ3n) is 6.06. The molecule has 0 spiro atoms. The zero-order chi connectivity index (χ0) is 23.6. The number of amides is 2. The van der Waals surface area contributed by atoms with Crippen LogP contribution in [0.5, 0.6) is 11.5 Å². The number of nitrogens with one attached hydrogen (secondary N) is 1. The van der Waals surface area contributed by atoms with Crippen LogP contribution in [0.3, 0.4) is 0 Å². The summed E-state index contributed by atoms with van der Waals surface area (Å²) in [6.45, 7) is 1.93. The van der Waals surface area contributed by atoms with Gasteiger partial charge in [-0.15, -0.1) is 0 Å². The lowest BCUT2D eigenvalue weighted by atomic mass is 9.95. The third-order valence-corrected chi connectivity index (χ3v) is 6.42. The minimum absolute atomic E-state index is 0.123. The van der Waals surface area contributed by atoms with Crippen LogP contribution in [0.15, 0.2) is 48.5 Å². The third kappa shape index (κ3) is 6.87. The molecule has 0 aromatic heterocycles. The molecule has 0 radical (unpaired) electrons. The van der Waals surface area contributed by atoms with Crippen molar-refractivity contribution in [3.8, 4) is 11.5 Å². The molecule has 0 bridgehead atoms. The van der Waals surface area contributed by atoms with Gasteiger partial charge >= 0.3 is 0 Å². The van der Waals surface area contributed by atoms with Crippen molar-refractivity contribution in [2.24, 2.45) is 0 Å². The number of hydrogen-bond donors (Lipinski definition) is 1. The number of rotatable bonds is 10. The largest absolute Gasteiger partial charge is 0.493 e. The van der Waals surface area contributed by atoms with E-state index in [-0.39, 0.29) is 31.0 Å². The average molecular weight is 473 g/mol. The summed E-state index contributed by atoms with van der Waals surface area (Å²) in [7, 11) is 1.55. The molecule has 0 saturated heterocycles. The van der Waals surface area contributed by atoms with Gasteiger partial charge in [0.25, 0.3) is 5.91 Å². The minimum atomic E-state index is -0.614. The number of carbonyl (C=O) groups is 2. The highest BCUT2D eigenvalue weighted by Gasteiger charge is 2.31. The van der Waals surface area contributed by atoms with Gasteiger partial charge in [0, 0.05) is 17.6 Å². The standard InChI is InChI=1S/C26H33ClN2O4/c1-3-22(26(31)28-20-12-5-4-6-13-20)29(17-19-11-7-8-14-21(19)27)25(30)18-33-24-16-10-9-15-23(24)32-2/h7-11,14-16,20,22H,3-6,12-13,17-18H2,1-2H3,(H,28,31). The first-order valence-corrected chi connectivity index (χ1v) is 12.0. The van der Waals surface area contributed by atoms with E-state index < -0.39 is 6.04 Å². The summed E-state index contributed by atoms with van der Waals surface area (Å²) in [6.07, 6.45) is 5.91. The molecule has 33 heavy (non-hydrogen) atoms. The Kier molecular flexibility index (Phi) is 9.43. The fourth-order valence-electron chi connectivity index (χ4n) is 4.23. The molecule has 1 unspecified atom stereocenters. The Labute approximate surface area is 201 Å². The number of halogens is 1. The molecule has 2 amide bonds. The van der Waals surface area contributed by atoms with E-state index >= 15 is 0 Å². The van der Waals surface area contributed by atoms with Crippen molar-refractivity contribution in [3.63, 3.8) is 0 Å². The van der Waals surface area contributed by atoms with Crippen molar-refractivity contribution in [2.75, 3.05) is 13.7 Å². The zero-order valence-corrected chi connectivity index (χ0v) is 20.1. The van der Waals surface area contributed by atoms with Crippen LogP contribution in [0.4, 0.5) is 0 Å².